The summed E-state index contributed by atoms with van der Waals surface area (Å²) in [5, 5.41) is 12.3. The number of rotatable bonds is 5. The number of sulfonamides is 1. The summed E-state index contributed by atoms with van der Waals surface area (Å²) in [6.07, 6.45) is 2.24. The topological polar surface area (TPSA) is 117 Å². The van der Waals surface area contributed by atoms with Gasteiger partial charge in [0.25, 0.3) is 0 Å². The zero-order valence-corrected chi connectivity index (χ0v) is 13.7. The molecular formula is C14H13F2N5O3S. The minimum Gasteiger partial charge on any atom is -0.332 e. The molecule has 0 aliphatic rings. The standard InChI is InChI=1S/C14H13F2N5O3S/c1-2-21-8-10(7-18-21)14(15,16)13-19-12(20-24-13)9-3-5-11(6-4-9)25(17,22)23/h3-8H,2H2,1H3,(H2,17,22,23). The maximum atomic E-state index is 14.4. The van der Waals surface area contributed by atoms with Gasteiger partial charge in [-0.1, -0.05) is 5.16 Å². The summed E-state index contributed by atoms with van der Waals surface area (Å²) in [5.74, 6) is -4.48. The summed E-state index contributed by atoms with van der Waals surface area (Å²) in [4.78, 5) is 3.60. The molecule has 2 N–H and O–H groups in total. The summed E-state index contributed by atoms with van der Waals surface area (Å²) in [6, 6.07) is 5.15. The number of primary sulfonamides is 1. The Hall–Kier alpha value is -2.66. The molecule has 0 aliphatic heterocycles. The quantitative estimate of drug-likeness (QED) is 0.732. The minimum absolute atomic E-state index is 0.0986. The molecule has 3 aromatic rings. The highest BCUT2D eigenvalue weighted by atomic mass is 32.2. The van der Waals surface area contributed by atoms with E-state index in [1.165, 1.54) is 35.1 Å². The zero-order chi connectivity index (χ0) is 18.2. The van der Waals surface area contributed by atoms with Crippen molar-refractivity contribution in [1.29, 1.82) is 0 Å². The van der Waals surface area contributed by atoms with Gasteiger partial charge >= 0.3 is 11.8 Å². The molecule has 8 nitrogen and oxygen atoms in total. The molecule has 2 aromatic heterocycles. The minimum atomic E-state index is -3.85. The van der Waals surface area contributed by atoms with E-state index < -0.39 is 21.8 Å². The van der Waals surface area contributed by atoms with Crippen LogP contribution in [0.15, 0.2) is 46.1 Å². The number of hydrogen-bond donors (Lipinski definition) is 1. The summed E-state index contributed by atoms with van der Waals surface area (Å²) in [5.41, 5.74) is -0.0587. The van der Waals surface area contributed by atoms with Crippen LogP contribution >= 0.6 is 0 Å². The van der Waals surface area contributed by atoms with Gasteiger partial charge in [0.05, 0.1) is 16.7 Å². The Morgan fingerprint density at radius 2 is 1.96 bits per heavy atom. The molecule has 0 spiro atoms. The van der Waals surface area contributed by atoms with Crippen molar-refractivity contribution in [3.8, 4) is 11.4 Å². The van der Waals surface area contributed by atoms with Gasteiger partial charge in [0, 0.05) is 18.3 Å². The third kappa shape index (κ3) is 3.28. The normalized spacial score (nSPS) is 12.5. The summed E-state index contributed by atoms with van der Waals surface area (Å²) in [6.45, 7) is 2.21. The fourth-order valence-electron chi connectivity index (χ4n) is 2.08. The number of halogens is 2. The van der Waals surface area contributed by atoms with E-state index in [-0.39, 0.29) is 16.3 Å². The molecule has 0 fully saturated rings. The van der Waals surface area contributed by atoms with E-state index in [4.69, 9.17) is 5.14 Å². The second kappa shape index (κ2) is 6.01. The molecular weight excluding hydrogens is 356 g/mol. The lowest BCUT2D eigenvalue weighted by atomic mass is 10.2. The fraction of sp³-hybridized carbons (Fsp3) is 0.214. The number of hydrogen-bond acceptors (Lipinski definition) is 6. The maximum absolute atomic E-state index is 14.4. The van der Waals surface area contributed by atoms with E-state index >= 15 is 0 Å². The smallest absolute Gasteiger partial charge is 0.332 e. The van der Waals surface area contributed by atoms with Crippen LogP contribution < -0.4 is 5.14 Å². The van der Waals surface area contributed by atoms with Gasteiger partial charge in [-0.3, -0.25) is 4.68 Å². The highest BCUT2D eigenvalue weighted by Gasteiger charge is 2.42. The lowest BCUT2D eigenvalue weighted by Gasteiger charge is -2.08. The van der Waals surface area contributed by atoms with Crippen LogP contribution in [0.25, 0.3) is 11.4 Å². The molecule has 0 atom stereocenters. The number of nitrogens with two attached hydrogens (primary N) is 1. The molecule has 2 heterocycles. The van der Waals surface area contributed by atoms with Crippen molar-refractivity contribution in [2.75, 3.05) is 0 Å². The van der Waals surface area contributed by atoms with E-state index in [1.807, 2.05) is 0 Å². The first-order valence-corrected chi connectivity index (χ1v) is 8.64. The largest absolute Gasteiger partial charge is 0.353 e. The SMILES string of the molecule is CCn1cc(C(F)(F)c2nc(-c3ccc(S(N)(=O)=O)cc3)no2)cn1. The second-order valence-electron chi connectivity index (χ2n) is 5.15. The number of benzene rings is 1. The molecule has 11 heteroatoms. The number of aryl methyl sites for hydroxylation is 1. The van der Waals surface area contributed by atoms with Crippen molar-refractivity contribution in [2.45, 2.75) is 24.3 Å². The van der Waals surface area contributed by atoms with Gasteiger partial charge < -0.3 is 4.52 Å². The molecule has 3 rings (SSSR count). The Morgan fingerprint density at radius 3 is 2.52 bits per heavy atom. The predicted molar refractivity (Wildman–Crippen MR) is 82.0 cm³/mol. The van der Waals surface area contributed by atoms with E-state index in [0.717, 1.165) is 6.20 Å². The fourth-order valence-corrected chi connectivity index (χ4v) is 2.60. The average molecular weight is 369 g/mol. The van der Waals surface area contributed by atoms with Crippen molar-refractivity contribution in [3.63, 3.8) is 0 Å². The molecule has 0 radical (unpaired) electrons. The van der Waals surface area contributed by atoms with Gasteiger partial charge in [0.2, 0.25) is 15.8 Å². The van der Waals surface area contributed by atoms with Crippen LogP contribution in [0.1, 0.15) is 18.4 Å². The first-order chi connectivity index (χ1) is 11.7. The Kier molecular flexibility index (Phi) is 4.13. The van der Waals surface area contributed by atoms with Crippen molar-refractivity contribution >= 4 is 10.0 Å². The van der Waals surface area contributed by atoms with Crippen LogP contribution in [-0.2, 0) is 22.5 Å². The van der Waals surface area contributed by atoms with Crippen molar-refractivity contribution in [2.24, 2.45) is 5.14 Å². The first kappa shape index (κ1) is 17.2. The monoisotopic (exact) mass is 369 g/mol. The zero-order valence-electron chi connectivity index (χ0n) is 12.9. The average Bonchev–Trinajstić information content (AvgIpc) is 3.24. The highest BCUT2D eigenvalue weighted by Crippen LogP contribution is 2.35. The number of alkyl halides is 2. The highest BCUT2D eigenvalue weighted by molar-refractivity contribution is 7.89. The van der Waals surface area contributed by atoms with Crippen LogP contribution in [0.5, 0.6) is 0 Å². The van der Waals surface area contributed by atoms with Crippen molar-refractivity contribution in [3.05, 3.63) is 48.1 Å². The molecule has 0 unspecified atom stereocenters. The molecule has 1 aromatic carbocycles. The molecule has 25 heavy (non-hydrogen) atoms. The summed E-state index contributed by atoms with van der Waals surface area (Å²) >= 11 is 0. The Bertz CT molecular complexity index is 996. The Morgan fingerprint density at radius 1 is 1.28 bits per heavy atom. The van der Waals surface area contributed by atoms with Crippen LogP contribution in [0.2, 0.25) is 0 Å². The van der Waals surface area contributed by atoms with Gasteiger partial charge in [-0.15, -0.1) is 0 Å². The molecule has 0 saturated carbocycles. The summed E-state index contributed by atoms with van der Waals surface area (Å²) < 4.78 is 57.4. The Balaban J connectivity index is 1.91. The lowest BCUT2D eigenvalue weighted by Crippen LogP contribution is -2.15. The first-order valence-electron chi connectivity index (χ1n) is 7.10. The van der Waals surface area contributed by atoms with Crippen LogP contribution in [0.4, 0.5) is 8.78 Å². The predicted octanol–water partition coefficient (Wildman–Crippen LogP) is 1.74. The molecule has 0 amide bonds. The van der Waals surface area contributed by atoms with Gasteiger partial charge in [0.1, 0.15) is 0 Å². The van der Waals surface area contributed by atoms with E-state index in [0.29, 0.717) is 12.1 Å². The summed E-state index contributed by atoms with van der Waals surface area (Å²) in [7, 11) is -3.85. The Labute approximate surface area is 141 Å². The lowest BCUT2D eigenvalue weighted by molar-refractivity contribution is 0.00753. The van der Waals surface area contributed by atoms with E-state index in [1.54, 1.807) is 6.92 Å². The van der Waals surface area contributed by atoms with Crippen LogP contribution in [0, 0.1) is 0 Å². The van der Waals surface area contributed by atoms with Gasteiger partial charge in [-0.05, 0) is 31.2 Å². The molecule has 0 saturated heterocycles. The van der Waals surface area contributed by atoms with Crippen LogP contribution in [-0.4, -0.2) is 28.3 Å². The van der Waals surface area contributed by atoms with Gasteiger partial charge in [-0.2, -0.15) is 18.9 Å². The molecule has 0 bridgehead atoms. The maximum Gasteiger partial charge on any atom is 0.353 e. The van der Waals surface area contributed by atoms with E-state index in [2.05, 4.69) is 19.8 Å². The molecule has 132 valence electrons. The second-order valence-corrected chi connectivity index (χ2v) is 6.71. The van der Waals surface area contributed by atoms with Crippen molar-refractivity contribution < 1.29 is 21.7 Å². The number of aromatic nitrogens is 4. The number of nitrogens with zero attached hydrogens (tertiary/aromatic N) is 4. The third-order valence-electron chi connectivity index (χ3n) is 3.46. The van der Waals surface area contributed by atoms with Gasteiger partial charge in [-0.25, -0.2) is 13.6 Å². The van der Waals surface area contributed by atoms with E-state index in [9.17, 15) is 17.2 Å². The van der Waals surface area contributed by atoms with Crippen molar-refractivity contribution in [1.82, 2.24) is 19.9 Å². The third-order valence-corrected chi connectivity index (χ3v) is 4.38. The van der Waals surface area contributed by atoms with Crippen LogP contribution in [0.3, 0.4) is 0 Å². The molecule has 0 aliphatic carbocycles. The van der Waals surface area contributed by atoms with Gasteiger partial charge in [0.15, 0.2) is 0 Å².